The normalized spacial score (nSPS) is 21.6. The van der Waals surface area contributed by atoms with Gasteiger partial charge in [0.1, 0.15) is 17.6 Å². The number of carbonyl (C=O) groups is 1. The Balaban J connectivity index is 2.07. The van der Waals surface area contributed by atoms with Crippen LogP contribution in [0.3, 0.4) is 0 Å². The molecule has 0 bridgehead atoms. The average Bonchev–Trinajstić information content (AvgIpc) is 2.81. The lowest BCUT2D eigenvalue weighted by Crippen LogP contribution is -2.13. The minimum Gasteiger partial charge on any atom is -0.477 e. The molecule has 2 rings (SSSR count). The molecule has 108 valence electrons. The van der Waals surface area contributed by atoms with Crippen LogP contribution < -0.4 is 5.32 Å². The van der Waals surface area contributed by atoms with E-state index in [-0.39, 0.29) is 5.56 Å². The zero-order chi connectivity index (χ0) is 14.7. The largest absolute Gasteiger partial charge is 0.477 e. The van der Waals surface area contributed by atoms with Gasteiger partial charge < -0.3 is 10.4 Å². The van der Waals surface area contributed by atoms with E-state index in [9.17, 15) is 14.9 Å². The minimum absolute atomic E-state index is 0.340. The highest BCUT2D eigenvalue weighted by atomic mass is 16.6. The number of nitrogens with one attached hydrogen (secondary N) is 1. The molecule has 0 saturated heterocycles. The molecule has 1 aliphatic rings. The van der Waals surface area contributed by atoms with Crippen LogP contribution in [-0.2, 0) is 0 Å². The van der Waals surface area contributed by atoms with Crippen molar-refractivity contribution in [3.05, 3.63) is 27.9 Å². The van der Waals surface area contributed by atoms with Gasteiger partial charge in [-0.15, -0.1) is 0 Å². The van der Waals surface area contributed by atoms with Gasteiger partial charge in [-0.1, -0.05) is 13.3 Å². The van der Waals surface area contributed by atoms with Gasteiger partial charge in [-0.05, 0) is 24.7 Å². The van der Waals surface area contributed by atoms with Crippen LogP contribution in [0.2, 0.25) is 0 Å². The third kappa shape index (κ3) is 3.23. The molecule has 1 saturated carbocycles. The fourth-order valence-electron chi connectivity index (χ4n) is 2.62. The van der Waals surface area contributed by atoms with Gasteiger partial charge in [0.25, 0.3) is 0 Å². The number of pyridine rings is 1. The first kappa shape index (κ1) is 14.2. The van der Waals surface area contributed by atoms with Crippen LogP contribution in [0.15, 0.2) is 12.3 Å². The van der Waals surface area contributed by atoms with Gasteiger partial charge in [0.05, 0.1) is 4.92 Å². The molecule has 20 heavy (non-hydrogen) atoms. The Labute approximate surface area is 116 Å². The molecule has 1 aromatic heterocycles. The molecule has 2 N–H and O–H groups in total. The second-order valence-electron chi connectivity index (χ2n) is 5.31. The van der Waals surface area contributed by atoms with Crippen LogP contribution in [0, 0.1) is 22.0 Å². The Morgan fingerprint density at radius 1 is 1.60 bits per heavy atom. The van der Waals surface area contributed by atoms with E-state index in [0.29, 0.717) is 18.3 Å². The van der Waals surface area contributed by atoms with E-state index in [1.807, 2.05) is 0 Å². The second-order valence-corrected chi connectivity index (χ2v) is 5.31. The molecule has 0 amide bonds. The van der Waals surface area contributed by atoms with Gasteiger partial charge in [-0.25, -0.2) is 9.78 Å². The zero-order valence-corrected chi connectivity index (χ0v) is 11.2. The number of aromatic carboxylic acids is 1. The lowest BCUT2D eigenvalue weighted by Gasteiger charge is -2.11. The molecular formula is C13H17N3O4. The van der Waals surface area contributed by atoms with Crippen LogP contribution in [0.1, 0.15) is 36.5 Å². The van der Waals surface area contributed by atoms with E-state index in [4.69, 9.17) is 5.11 Å². The lowest BCUT2D eigenvalue weighted by molar-refractivity contribution is -0.385. The molecule has 7 heteroatoms. The molecule has 7 nitrogen and oxygen atoms in total. The molecule has 1 aromatic rings. The highest BCUT2D eigenvalue weighted by Gasteiger charge is 2.23. The van der Waals surface area contributed by atoms with E-state index < -0.39 is 16.6 Å². The Bertz CT molecular complexity index is 532. The Kier molecular flexibility index (Phi) is 4.16. The fourth-order valence-corrected chi connectivity index (χ4v) is 2.62. The lowest BCUT2D eigenvalue weighted by atomic mass is 10.1. The number of carboxylic acid groups (broad SMARTS) is 1. The van der Waals surface area contributed by atoms with Gasteiger partial charge in [-0.2, -0.15) is 0 Å². The van der Waals surface area contributed by atoms with Crippen LogP contribution >= 0.6 is 0 Å². The van der Waals surface area contributed by atoms with Crippen LogP contribution in [-0.4, -0.2) is 27.5 Å². The summed E-state index contributed by atoms with van der Waals surface area (Å²) in [7, 11) is 0. The standard InChI is InChI=1S/C13H17N3O4/c1-8-2-3-9(4-8)6-14-12-5-10(13(17)18)11(7-15-12)16(19)20/h5,7-9H,2-4,6H2,1H3,(H,14,15)(H,17,18). The predicted molar refractivity (Wildman–Crippen MR) is 72.8 cm³/mol. The van der Waals surface area contributed by atoms with Crippen molar-refractivity contribution in [3.8, 4) is 0 Å². The van der Waals surface area contributed by atoms with Gasteiger partial charge in [0.15, 0.2) is 0 Å². The summed E-state index contributed by atoms with van der Waals surface area (Å²) in [6.07, 6.45) is 4.49. The van der Waals surface area contributed by atoms with Gasteiger partial charge in [0, 0.05) is 12.6 Å². The van der Waals surface area contributed by atoms with Gasteiger partial charge in [-0.3, -0.25) is 10.1 Å². The first-order valence-corrected chi connectivity index (χ1v) is 6.59. The molecule has 1 heterocycles. The third-order valence-electron chi connectivity index (χ3n) is 3.69. The van der Waals surface area contributed by atoms with Gasteiger partial charge in [0.2, 0.25) is 0 Å². The van der Waals surface area contributed by atoms with Gasteiger partial charge >= 0.3 is 11.7 Å². The van der Waals surface area contributed by atoms with Crippen molar-refractivity contribution in [2.75, 3.05) is 11.9 Å². The van der Waals surface area contributed by atoms with E-state index in [1.54, 1.807) is 0 Å². The quantitative estimate of drug-likeness (QED) is 0.633. The number of hydrogen-bond acceptors (Lipinski definition) is 5. The Morgan fingerprint density at radius 2 is 2.35 bits per heavy atom. The molecule has 0 aliphatic heterocycles. The average molecular weight is 279 g/mol. The Morgan fingerprint density at radius 3 is 2.90 bits per heavy atom. The maximum Gasteiger partial charge on any atom is 0.342 e. The van der Waals surface area contributed by atoms with Crippen molar-refractivity contribution < 1.29 is 14.8 Å². The van der Waals surface area contributed by atoms with Crippen molar-refractivity contribution in [2.45, 2.75) is 26.2 Å². The molecule has 0 aromatic carbocycles. The number of hydrogen-bond donors (Lipinski definition) is 2. The minimum atomic E-state index is -1.32. The number of carboxylic acids is 1. The highest BCUT2D eigenvalue weighted by molar-refractivity contribution is 5.93. The molecule has 1 fully saturated rings. The molecule has 0 radical (unpaired) electrons. The number of aromatic nitrogens is 1. The number of nitro groups is 1. The number of rotatable bonds is 5. The van der Waals surface area contributed by atoms with Crippen molar-refractivity contribution in [2.24, 2.45) is 11.8 Å². The van der Waals surface area contributed by atoms with E-state index in [0.717, 1.165) is 25.0 Å². The molecular weight excluding hydrogens is 262 g/mol. The molecule has 0 spiro atoms. The summed E-state index contributed by atoms with van der Waals surface area (Å²) < 4.78 is 0. The van der Waals surface area contributed by atoms with Crippen LogP contribution in [0.5, 0.6) is 0 Å². The Hall–Kier alpha value is -2.18. The zero-order valence-electron chi connectivity index (χ0n) is 11.2. The summed E-state index contributed by atoms with van der Waals surface area (Å²) in [6, 6.07) is 1.22. The highest BCUT2D eigenvalue weighted by Crippen LogP contribution is 2.30. The summed E-state index contributed by atoms with van der Waals surface area (Å²) in [5.74, 6) is 0.320. The summed E-state index contributed by atoms with van der Waals surface area (Å²) in [5, 5.41) is 22.8. The second kappa shape index (κ2) is 5.85. The van der Waals surface area contributed by atoms with Crippen molar-refractivity contribution in [3.63, 3.8) is 0 Å². The maximum absolute atomic E-state index is 11.0. The van der Waals surface area contributed by atoms with Crippen molar-refractivity contribution in [1.29, 1.82) is 0 Å². The van der Waals surface area contributed by atoms with Crippen LogP contribution in [0.4, 0.5) is 11.5 Å². The molecule has 1 aliphatic carbocycles. The molecule has 2 unspecified atom stereocenters. The third-order valence-corrected chi connectivity index (χ3v) is 3.69. The van der Waals surface area contributed by atoms with E-state index in [2.05, 4.69) is 17.2 Å². The van der Waals surface area contributed by atoms with E-state index >= 15 is 0 Å². The monoisotopic (exact) mass is 279 g/mol. The number of anilines is 1. The first-order valence-electron chi connectivity index (χ1n) is 6.59. The maximum atomic E-state index is 11.0. The summed E-state index contributed by atoms with van der Waals surface area (Å²) >= 11 is 0. The van der Waals surface area contributed by atoms with E-state index in [1.165, 1.54) is 12.5 Å². The van der Waals surface area contributed by atoms with Crippen LogP contribution in [0.25, 0.3) is 0 Å². The number of nitrogens with zero attached hydrogens (tertiary/aromatic N) is 2. The topological polar surface area (TPSA) is 105 Å². The first-order chi connectivity index (χ1) is 9.47. The predicted octanol–water partition coefficient (Wildman–Crippen LogP) is 2.54. The fraction of sp³-hybridized carbons (Fsp3) is 0.538. The smallest absolute Gasteiger partial charge is 0.342 e. The summed E-state index contributed by atoms with van der Waals surface area (Å²) in [4.78, 5) is 24.9. The van der Waals surface area contributed by atoms with Crippen molar-refractivity contribution in [1.82, 2.24) is 4.98 Å². The van der Waals surface area contributed by atoms with Crippen molar-refractivity contribution >= 4 is 17.5 Å². The SMILES string of the molecule is CC1CCC(CNc2cc(C(=O)O)c([N+](=O)[O-])cn2)C1. The summed E-state index contributed by atoms with van der Waals surface area (Å²) in [6.45, 7) is 2.93. The molecule has 2 atom stereocenters. The summed E-state index contributed by atoms with van der Waals surface area (Å²) in [5.41, 5.74) is -0.829.